The first-order valence-corrected chi connectivity index (χ1v) is 6.15. The number of aliphatic carboxylic acids is 1. The normalized spacial score (nSPS) is 17.7. The lowest BCUT2D eigenvalue weighted by atomic mass is 9.98. The molecule has 0 unspecified atom stereocenters. The van der Waals surface area contributed by atoms with E-state index in [4.69, 9.17) is 5.11 Å². The minimum Gasteiger partial charge on any atom is -0.481 e. The molecule has 0 aliphatic carbocycles. The summed E-state index contributed by atoms with van der Waals surface area (Å²) < 4.78 is 1.12. The number of H-pyrrole nitrogens is 1. The third-order valence-electron chi connectivity index (χ3n) is 2.71. The van der Waals surface area contributed by atoms with E-state index in [9.17, 15) is 9.59 Å². The van der Waals surface area contributed by atoms with Crippen LogP contribution in [0.25, 0.3) is 0 Å². The van der Waals surface area contributed by atoms with Gasteiger partial charge in [0.15, 0.2) is 5.16 Å². The first-order valence-electron chi connectivity index (χ1n) is 5.33. The number of carboxylic acid groups (broad SMARTS) is 1. The van der Waals surface area contributed by atoms with Crippen LogP contribution in [-0.2, 0) is 11.3 Å². The smallest absolute Gasteiger partial charge is 0.343 e. The van der Waals surface area contributed by atoms with Crippen molar-refractivity contribution in [1.82, 2.24) is 20.1 Å². The van der Waals surface area contributed by atoms with Crippen LogP contribution in [0.3, 0.4) is 0 Å². The van der Waals surface area contributed by atoms with E-state index in [2.05, 4.69) is 15.5 Å². The number of hydrogen-bond donors (Lipinski definition) is 3. The standard InChI is InChI=1S/C9H14N4O3S/c1-2-13-7(16)11-12-8(13)17-9(3-6(14)15)4-10-5-9/h10H,2-5H2,1H3,(H,11,16)(H,14,15). The lowest BCUT2D eigenvalue weighted by Gasteiger charge is -2.40. The molecular formula is C9H14N4O3S. The molecule has 0 spiro atoms. The summed E-state index contributed by atoms with van der Waals surface area (Å²) in [6.45, 7) is 3.61. The zero-order valence-corrected chi connectivity index (χ0v) is 10.2. The van der Waals surface area contributed by atoms with Crippen LogP contribution in [0.2, 0.25) is 0 Å². The molecule has 1 fully saturated rings. The van der Waals surface area contributed by atoms with Crippen LogP contribution in [-0.4, -0.2) is 43.7 Å². The minimum atomic E-state index is -0.833. The van der Waals surface area contributed by atoms with Crippen LogP contribution in [0, 0.1) is 0 Å². The number of aromatic amines is 1. The second kappa shape index (κ2) is 4.53. The number of carbonyl (C=O) groups is 1. The van der Waals surface area contributed by atoms with Crippen molar-refractivity contribution in [2.24, 2.45) is 0 Å². The summed E-state index contributed by atoms with van der Waals surface area (Å²) in [6, 6.07) is 0. The molecule has 8 heteroatoms. The maximum atomic E-state index is 11.4. The van der Waals surface area contributed by atoms with Crippen molar-refractivity contribution >= 4 is 17.7 Å². The Balaban J connectivity index is 2.18. The van der Waals surface area contributed by atoms with E-state index < -0.39 is 5.97 Å². The molecule has 0 aromatic carbocycles. The van der Waals surface area contributed by atoms with E-state index in [1.54, 1.807) is 0 Å². The molecule has 1 aliphatic rings. The van der Waals surface area contributed by atoms with Crippen molar-refractivity contribution in [3.05, 3.63) is 10.5 Å². The number of nitrogens with zero attached hydrogens (tertiary/aromatic N) is 2. The van der Waals surface area contributed by atoms with E-state index in [1.807, 2.05) is 6.92 Å². The Labute approximate surface area is 102 Å². The highest BCUT2D eigenvalue weighted by atomic mass is 32.2. The van der Waals surface area contributed by atoms with Gasteiger partial charge in [0.2, 0.25) is 0 Å². The lowest BCUT2D eigenvalue weighted by molar-refractivity contribution is -0.138. The molecule has 1 aromatic rings. The molecule has 3 N–H and O–H groups in total. The zero-order chi connectivity index (χ0) is 12.5. The summed E-state index contributed by atoms with van der Waals surface area (Å²) >= 11 is 1.36. The van der Waals surface area contributed by atoms with E-state index in [0.717, 1.165) is 0 Å². The van der Waals surface area contributed by atoms with Gasteiger partial charge in [0, 0.05) is 19.6 Å². The van der Waals surface area contributed by atoms with Crippen molar-refractivity contribution in [2.75, 3.05) is 13.1 Å². The largest absolute Gasteiger partial charge is 0.481 e. The molecule has 2 heterocycles. The average Bonchev–Trinajstić information content (AvgIpc) is 2.55. The number of nitrogens with one attached hydrogen (secondary N) is 2. The summed E-state index contributed by atoms with van der Waals surface area (Å²) in [6.07, 6.45) is 0.0649. The van der Waals surface area contributed by atoms with E-state index in [1.165, 1.54) is 16.3 Å². The molecular weight excluding hydrogens is 244 g/mol. The summed E-state index contributed by atoms with van der Waals surface area (Å²) in [4.78, 5) is 22.2. The SMILES string of the molecule is CCn1c(SC2(CC(=O)O)CNC2)n[nH]c1=O. The molecule has 2 rings (SSSR count). The third kappa shape index (κ3) is 2.37. The molecule has 17 heavy (non-hydrogen) atoms. The van der Waals surface area contributed by atoms with Gasteiger partial charge in [0.1, 0.15) is 0 Å². The van der Waals surface area contributed by atoms with Crippen LogP contribution in [0.1, 0.15) is 13.3 Å². The number of carboxylic acids is 1. The van der Waals surface area contributed by atoms with Crippen molar-refractivity contribution in [3.63, 3.8) is 0 Å². The first kappa shape index (κ1) is 12.2. The predicted octanol–water partition coefficient (Wildman–Crippen LogP) is -0.500. The number of rotatable bonds is 5. The molecule has 94 valence electrons. The summed E-state index contributed by atoms with van der Waals surface area (Å²) in [7, 11) is 0. The lowest BCUT2D eigenvalue weighted by Crippen LogP contribution is -2.58. The van der Waals surface area contributed by atoms with E-state index in [-0.39, 0.29) is 16.9 Å². The Bertz CT molecular complexity index is 477. The highest BCUT2D eigenvalue weighted by Crippen LogP contribution is 2.37. The van der Waals surface area contributed by atoms with Gasteiger partial charge < -0.3 is 10.4 Å². The van der Waals surface area contributed by atoms with Crippen molar-refractivity contribution in [1.29, 1.82) is 0 Å². The molecule has 1 aromatic heterocycles. The number of hydrogen-bond acceptors (Lipinski definition) is 5. The average molecular weight is 258 g/mol. The van der Waals surface area contributed by atoms with Crippen LogP contribution >= 0.6 is 11.8 Å². The molecule has 1 saturated heterocycles. The summed E-state index contributed by atoms with van der Waals surface area (Å²) in [5.41, 5.74) is -0.257. The fraction of sp³-hybridized carbons (Fsp3) is 0.667. The van der Waals surface area contributed by atoms with Gasteiger partial charge in [-0.3, -0.25) is 9.36 Å². The quantitative estimate of drug-likeness (QED) is 0.658. The predicted molar refractivity (Wildman–Crippen MR) is 62.2 cm³/mol. The second-order valence-corrected chi connectivity index (χ2v) is 5.45. The van der Waals surface area contributed by atoms with Crippen molar-refractivity contribution in [2.45, 2.75) is 29.8 Å². The fourth-order valence-corrected chi connectivity index (χ4v) is 3.11. The summed E-state index contributed by atoms with van der Waals surface area (Å²) in [5.74, 6) is -0.833. The minimum absolute atomic E-state index is 0.0649. The molecule has 0 radical (unpaired) electrons. The Hall–Kier alpha value is -1.28. The fourth-order valence-electron chi connectivity index (χ4n) is 1.77. The van der Waals surface area contributed by atoms with Gasteiger partial charge in [0.05, 0.1) is 11.2 Å². The maximum Gasteiger partial charge on any atom is 0.343 e. The Morgan fingerprint density at radius 3 is 2.82 bits per heavy atom. The van der Waals surface area contributed by atoms with Gasteiger partial charge in [-0.2, -0.15) is 0 Å². The van der Waals surface area contributed by atoms with Crippen LogP contribution in [0.5, 0.6) is 0 Å². The highest BCUT2D eigenvalue weighted by molar-refractivity contribution is 8.00. The van der Waals surface area contributed by atoms with Gasteiger partial charge in [-0.05, 0) is 6.92 Å². The Morgan fingerprint density at radius 2 is 2.35 bits per heavy atom. The maximum absolute atomic E-state index is 11.4. The van der Waals surface area contributed by atoms with Gasteiger partial charge in [-0.1, -0.05) is 11.8 Å². The molecule has 0 bridgehead atoms. The van der Waals surface area contributed by atoms with E-state index >= 15 is 0 Å². The second-order valence-electron chi connectivity index (χ2n) is 4.01. The number of aromatic nitrogens is 3. The third-order valence-corrected chi connectivity index (χ3v) is 4.08. The van der Waals surface area contributed by atoms with Gasteiger partial charge in [-0.15, -0.1) is 5.10 Å². The molecule has 7 nitrogen and oxygen atoms in total. The van der Waals surface area contributed by atoms with Crippen LogP contribution in [0.4, 0.5) is 0 Å². The van der Waals surface area contributed by atoms with Gasteiger partial charge in [-0.25, -0.2) is 9.89 Å². The van der Waals surface area contributed by atoms with Crippen LogP contribution < -0.4 is 11.0 Å². The monoisotopic (exact) mass is 258 g/mol. The van der Waals surface area contributed by atoms with Crippen molar-refractivity contribution in [3.8, 4) is 0 Å². The van der Waals surface area contributed by atoms with Crippen LogP contribution in [0.15, 0.2) is 9.95 Å². The number of thioether (sulfide) groups is 1. The highest BCUT2D eigenvalue weighted by Gasteiger charge is 2.41. The topological polar surface area (TPSA) is 100 Å². The summed E-state index contributed by atoms with van der Waals surface area (Å²) in [5, 5.41) is 18.8. The Morgan fingerprint density at radius 1 is 1.65 bits per heavy atom. The van der Waals surface area contributed by atoms with Crippen molar-refractivity contribution < 1.29 is 9.90 Å². The molecule has 0 amide bonds. The molecule has 1 aliphatic heterocycles. The van der Waals surface area contributed by atoms with E-state index in [0.29, 0.717) is 24.8 Å². The zero-order valence-electron chi connectivity index (χ0n) is 9.39. The van der Waals surface area contributed by atoms with Gasteiger partial charge in [0.25, 0.3) is 0 Å². The molecule has 0 atom stereocenters. The Kier molecular flexibility index (Phi) is 3.25. The molecule has 0 saturated carbocycles. The first-order chi connectivity index (χ1) is 8.06. The van der Waals surface area contributed by atoms with Gasteiger partial charge >= 0.3 is 11.7 Å².